The van der Waals surface area contributed by atoms with E-state index < -0.39 is 17.2 Å². The van der Waals surface area contributed by atoms with Crippen molar-refractivity contribution in [3.05, 3.63) is 47.6 Å². The molecule has 3 fully saturated rings. The molecule has 3 aliphatic rings. The standard InChI is InChI=1S/C15H25B2NO.C10H11F3N4.C2H6/c1-14(2)8-13(6-7-19-14)15(16,17)18-9-11-4-3-5-12(11)10-18;11-10(12,13)9-6(2-1-5-17-9)7(14)3-4-8(15)16;1-2/h11-13H,3-10H2,1-2H3;1-5H,14-16H2;1-2H3/b;7-3-;. The molecular formula is C27H42B2F3N5O. The highest BCUT2D eigenvalue weighted by atomic mass is 19.4. The van der Waals surface area contributed by atoms with E-state index in [4.69, 9.17) is 37.6 Å². The zero-order valence-corrected chi connectivity index (χ0v) is 23.1. The van der Waals surface area contributed by atoms with E-state index in [1.165, 1.54) is 43.5 Å². The highest BCUT2D eigenvalue weighted by molar-refractivity contribution is 6.40. The Morgan fingerprint density at radius 3 is 2.21 bits per heavy atom. The van der Waals surface area contributed by atoms with E-state index in [1.807, 2.05) is 13.8 Å². The van der Waals surface area contributed by atoms with Gasteiger partial charge >= 0.3 is 6.18 Å². The summed E-state index contributed by atoms with van der Waals surface area (Å²) < 4.78 is 43.6. The molecule has 2 aliphatic heterocycles. The molecule has 3 atom stereocenters. The molecule has 1 aromatic rings. The minimum Gasteiger partial charge on any atom is -0.398 e. The fourth-order valence-corrected chi connectivity index (χ4v) is 5.58. The molecule has 4 rings (SSSR count). The first-order valence-electron chi connectivity index (χ1n) is 13.4. The molecule has 3 unspecified atom stereocenters. The SMILES string of the molecule is CC.NC(N)=C/C=C(\N)c1cccnc1C(F)(F)F.[B]C([B])(C1CCOC(C)(C)C1)N1CC2CCCC2C1. The van der Waals surface area contributed by atoms with Crippen molar-refractivity contribution < 1.29 is 17.9 Å². The first-order chi connectivity index (χ1) is 17.7. The molecule has 6 nitrogen and oxygen atoms in total. The van der Waals surface area contributed by atoms with E-state index in [1.54, 1.807) is 0 Å². The third-order valence-corrected chi connectivity index (χ3v) is 7.47. The number of aromatic nitrogens is 1. The van der Waals surface area contributed by atoms with Crippen LogP contribution >= 0.6 is 0 Å². The van der Waals surface area contributed by atoms with Crippen LogP contribution in [0.4, 0.5) is 13.2 Å². The molecule has 6 N–H and O–H groups in total. The summed E-state index contributed by atoms with van der Waals surface area (Å²) in [5.74, 6) is 1.99. The van der Waals surface area contributed by atoms with Crippen molar-refractivity contribution >= 4 is 21.4 Å². The molecule has 1 aromatic heterocycles. The molecule has 38 heavy (non-hydrogen) atoms. The minimum atomic E-state index is -4.56. The van der Waals surface area contributed by atoms with Gasteiger partial charge in [-0.3, -0.25) is 4.98 Å². The van der Waals surface area contributed by atoms with Gasteiger partial charge in [-0.2, -0.15) is 13.2 Å². The van der Waals surface area contributed by atoms with Crippen molar-refractivity contribution in [1.29, 1.82) is 0 Å². The lowest BCUT2D eigenvalue weighted by Crippen LogP contribution is -2.57. The molecule has 4 radical (unpaired) electrons. The van der Waals surface area contributed by atoms with Crippen LogP contribution in [0.1, 0.15) is 71.1 Å². The Morgan fingerprint density at radius 2 is 1.68 bits per heavy atom. The third kappa shape index (κ3) is 8.43. The van der Waals surface area contributed by atoms with Crippen LogP contribution in [-0.4, -0.2) is 56.2 Å². The molecule has 3 heterocycles. The van der Waals surface area contributed by atoms with Gasteiger partial charge in [-0.25, -0.2) is 0 Å². The largest absolute Gasteiger partial charge is 0.434 e. The van der Waals surface area contributed by atoms with Crippen molar-refractivity contribution in [3.63, 3.8) is 0 Å². The summed E-state index contributed by atoms with van der Waals surface area (Å²) >= 11 is 0. The van der Waals surface area contributed by atoms with Crippen molar-refractivity contribution in [1.82, 2.24) is 9.88 Å². The van der Waals surface area contributed by atoms with Crippen LogP contribution in [0.15, 0.2) is 36.3 Å². The smallest absolute Gasteiger partial charge is 0.398 e. The van der Waals surface area contributed by atoms with Gasteiger partial charge in [-0.15, -0.1) is 0 Å². The van der Waals surface area contributed by atoms with E-state index in [9.17, 15) is 13.2 Å². The number of fused-ring (bicyclic) bond motifs is 1. The average molecular weight is 531 g/mol. The number of likely N-dealkylation sites (tertiary alicyclic amines) is 1. The quantitative estimate of drug-likeness (QED) is 0.400. The zero-order valence-electron chi connectivity index (χ0n) is 23.1. The minimum absolute atomic E-state index is 0.0506. The lowest BCUT2D eigenvalue weighted by atomic mass is 9.51. The number of halogens is 3. The van der Waals surface area contributed by atoms with Gasteiger partial charge in [-0.05, 0) is 81.6 Å². The third-order valence-electron chi connectivity index (χ3n) is 7.47. The molecule has 0 aromatic carbocycles. The molecule has 0 spiro atoms. The Labute approximate surface area is 228 Å². The number of alkyl halides is 3. The first-order valence-corrected chi connectivity index (χ1v) is 13.4. The maximum absolute atomic E-state index is 12.6. The Hall–Kier alpha value is -2.13. The monoisotopic (exact) mass is 531 g/mol. The van der Waals surface area contributed by atoms with Crippen LogP contribution in [0, 0.1) is 17.8 Å². The van der Waals surface area contributed by atoms with Crippen molar-refractivity contribution in [3.8, 4) is 0 Å². The number of hydrogen-bond donors (Lipinski definition) is 3. The lowest BCUT2D eigenvalue weighted by Gasteiger charge is -2.49. The van der Waals surface area contributed by atoms with Gasteiger partial charge in [0.2, 0.25) is 0 Å². The Morgan fingerprint density at radius 1 is 1.08 bits per heavy atom. The number of rotatable bonds is 4. The second-order valence-electron chi connectivity index (χ2n) is 10.7. The molecule has 11 heteroatoms. The fraction of sp³-hybridized carbons (Fsp3) is 0.667. The van der Waals surface area contributed by atoms with E-state index in [0.717, 1.165) is 50.6 Å². The average Bonchev–Trinajstić information content (AvgIpc) is 3.46. The van der Waals surface area contributed by atoms with Gasteiger partial charge in [0, 0.05) is 37.2 Å². The van der Waals surface area contributed by atoms with E-state index >= 15 is 0 Å². The highest BCUT2D eigenvalue weighted by Crippen LogP contribution is 2.43. The number of ether oxygens (including phenoxy) is 1. The Kier molecular flexibility index (Phi) is 11.2. The van der Waals surface area contributed by atoms with E-state index in [0.29, 0.717) is 5.92 Å². The van der Waals surface area contributed by atoms with E-state index in [2.05, 4.69) is 23.7 Å². The first kappa shape index (κ1) is 32.1. The van der Waals surface area contributed by atoms with Crippen LogP contribution < -0.4 is 17.2 Å². The van der Waals surface area contributed by atoms with Gasteiger partial charge < -0.3 is 26.8 Å². The second-order valence-corrected chi connectivity index (χ2v) is 10.7. The van der Waals surface area contributed by atoms with Gasteiger partial charge in [0.15, 0.2) is 5.69 Å². The predicted octanol–water partition coefficient (Wildman–Crippen LogP) is 4.10. The molecule has 0 amide bonds. The van der Waals surface area contributed by atoms with Crippen LogP contribution in [0.25, 0.3) is 5.70 Å². The highest BCUT2D eigenvalue weighted by Gasteiger charge is 2.45. The number of nitrogens with two attached hydrogens (primary N) is 3. The maximum atomic E-state index is 12.6. The molecular weight excluding hydrogens is 489 g/mol. The summed E-state index contributed by atoms with van der Waals surface area (Å²) in [5.41, 5.74) is 14.3. The number of pyridine rings is 1. The number of hydrogen-bond acceptors (Lipinski definition) is 6. The topological polar surface area (TPSA) is 103 Å². The normalized spacial score (nSPS) is 25.3. The van der Waals surface area contributed by atoms with Gasteiger partial charge in [0.05, 0.1) is 27.1 Å². The summed E-state index contributed by atoms with van der Waals surface area (Å²) in [7, 11) is 13.1. The van der Waals surface area contributed by atoms with Crippen LogP contribution in [-0.2, 0) is 10.9 Å². The van der Waals surface area contributed by atoms with Crippen LogP contribution in [0.2, 0.25) is 0 Å². The number of nitrogens with zero attached hydrogens (tertiary/aromatic N) is 2. The Bertz CT molecular complexity index is 952. The van der Waals surface area contributed by atoms with Gasteiger partial charge in [0.25, 0.3) is 0 Å². The summed E-state index contributed by atoms with van der Waals surface area (Å²) in [4.78, 5) is 5.64. The summed E-state index contributed by atoms with van der Waals surface area (Å²) in [6, 6.07) is 2.59. The molecule has 2 saturated heterocycles. The van der Waals surface area contributed by atoms with Gasteiger partial charge in [-0.1, -0.05) is 25.6 Å². The van der Waals surface area contributed by atoms with E-state index in [-0.39, 0.29) is 22.7 Å². The van der Waals surface area contributed by atoms with Crippen molar-refractivity contribution in [2.45, 2.75) is 76.9 Å². The van der Waals surface area contributed by atoms with Crippen molar-refractivity contribution in [2.24, 2.45) is 35.0 Å². The number of allylic oxidation sites excluding steroid dienone is 2. The molecule has 1 aliphatic carbocycles. The second kappa shape index (κ2) is 13.3. The summed E-state index contributed by atoms with van der Waals surface area (Å²) in [5, 5.41) is -0.647. The molecule has 208 valence electrons. The fourth-order valence-electron chi connectivity index (χ4n) is 5.58. The Balaban J connectivity index is 0.000000253. The molecule has 1 saturated carbocycles. The summed E-state index contributed by atoms with van der Waals surface area (Å²) in [6.45, 7) is 11.3. The van der Waals surface area contributed by atoms with Crippen LogP contribution in [0.3, 0.4) is 0 Å². The summed E-state index contributed by atoms with van der Waals surface area (Å²) in [6.07, 6.45) is 4.99. The molecule has 0 bridgehead atoms. The zero-order chi connectivity index (χ0) is 28.7. The predicted molar refractivity (Wildman–Crippen MR) is 149 cm³/mol. The van der Waals surface area contributed by atoms with Gasteiger partial charge in [0.1, 0.15) is 0 Å². The maximum Gasteiger partial charge on any atom is 0.434 e. The lowest BCUT2D eigenvalue weighted by molar-refractivity contribution is -0.141. The van der Waals surface area contributed by atoms with Crippen LogP contribution in [0.5, 0.6) is 0 Å². The van der Waals surface area contributed by atoms with Crippen molar-refractivity contribution in [2.75, 3.05) is 19.7 Å².